The van der Waals surface area contributed by atoms with Gasteiger partial charge in [0.2, 0.25) is 5.88 Å². The Kier molecular flexibility index (Phi) is 2.60. The highest BCUT2D eigenvalue weighted by atomic mass is 19.1. The molecule has 4 heteroatoms. The van der Waals surface area contributed by atoms with Crippen LogP contribution in [0.25, 0.3) is 0 Å². The van der Waals surface area contributed by atoms with Crippen LogP contribution in [0.4, 0.5) is 4.39 Å². The second kappa shape index (κ2) is 3.49. The molecule has 1 heterocycles. The molecule has 0 unspecified atom stereocenters. The number of aliphatic hydroxyl groups excluding tert-OH is 1. The summed E-state index contributed by atoms with van der Waals surface area (Å²) in [4.78, 5) is 3.66. The zero-order valence-corrected chi connectivity index (χ0v) is 6.91. The monoisotopic (exact) mass is 171 g/mol. The maximum absolute atomic E-state index is 12.6. The van der Waals surface area contributed by atoms with E-state index in [1.807, 2.05) is 0 Å². The standard InChI is InChI=1S/C8H10FNO2/c1-5(11)7-3-6(9)4-10-8(7)12-2/h3-5,11H,1-2H3/t5-/m1/s1. The Bertz CT molecular complexity index is 276. The average molecular weight is 171 g/mol. The van der Waals surface area contributed by atoms with E-state index in [1.54, 1.807) is 0 Å². The van der Waals surface area contributed by atoms with E-state index < -0.39 is 11.9 Å². The maximum Gasteiger partial charge on any atom is 0.219 e. The van der Waals surface area contributed by atoms with Gasteiger partial charge in [0, 0.05) is 5.56 Å². The first-order valence-electron chi connectivity index (χ1n) is 3.52. The van der Waals surface area contributed by atoms with E-state index in [2.05, 4.69) is 4.98 Å². The lowest BCUT2D eigenvalue weighted by atomic mass is 10.2. The normalized spacial score (nSPS) is 12.7. The predicted octanol–water partition coefficient (Wildman–Crippen LogP) is 1.28. The van der Waals surface area contributed by atoms with Gasteiger partial charge in [-0.3, -0.25) is 0 Å². The Morgan fingerprint density at radius 2 is 2.33 bits per heavy atom. The summed E-state index contributed by atoms with van der Waals surface area (Å²) in [6.45, 7) is 1.53. The van der Waals surface area contributed by atoms with Crippen LogP contribution in [0.15, 0.2) is 12.3 Å². The van der Waals surface area contributed by atoms with Crippen molar-refractivity contribution in [3.8, 4) is 5.88 Å². The van der Waals surface area contributed by atoms with Gasteiger partial charge in [0.25, 0.3) is 0 Å². The van der Waals surface area contributed by atoms with Crippen LogP contribution in [0, 0.1) is 5.82 Å². The van der Waals surface area contributed by atoms with Crippen molar-refractivity contribution in [3.05, 3.63) is 23.6 Å². The van der Waals surface area contributed by atoms with Gasteiger partial charge in [-0.1, -0.05) is 0 Å². The third-order valence-electron chi connectivity index (χ3n) is 1.49. The highest BCUT2D eigenvalue weighted by Gasteiger charge is 2.10. The summed E-state index contributed by atoms with van der Waals surface area (Å²) in [5, 5.41) is 9.17. The molecule has 3 nitrogen and oxygen atoms in total. The number of methoxy groups -OCH3 is 1. The molecule has 66 valence electrons. The van der Waals surface area contributed by atoms with Gasteiger partial charge in [0.1, 0.15) is 5.82 Å². The molecule has 1 aromatic heterocycles. The molecule has 0 aliphatic heterocycles. The van der Waals surface area contributed by atoms with Crippen LogP contribution in [0.2, 0.25) is 0 Å². The number of aromatic nitrogens is 1. The molecule has 1 rings (SSSR count). The first-order valence-corrected chi connectivity index (χ1v) is 3.52. The van der Waals surface area contributed by atoms with Crippen LogP contribution in [0.5, 0.6) is 5.88 Å². The molecule has 0 saturated carbocycles. The fourth-order valence-electron chi connectivity index (χ4n) is 0.912. The summed E-state index contributed by atoms with van der Waals surface area (Å²) in [5.74, 6) is -0.224. The van der Waals surface area contributed by atoms with Crippen LogP contribution >= 0.6 is 0 Å². The minimum Gasteiger partial charge on any atom is -0.481 e. The average Bonchev–Trinajstić information content (AvgIpc) is 2.04. The fraction of sp³-hybridized carbons (Fsp3) is 0.375. The van der Waals surface area contributed by atoms with Crippen molar-refractivity contribution in [1.29, 1.82) is 0 Å². The lowest BCUT2D eigenvalue weighted by Gasteiger charge is -2.08. The number of pyridine rings is 1. The minimum atomic E-state index is -0.775. The van der Waals surface area contributed by atoms with Crippen molar-refractivity contribution in [3.63, 3.8) is 0 Å². The highest BCUT2D eigenvalue weighted by molar-refractivity contribution is 5.27. The Balaban J connectivity index is 3.12. The fourth-order valence-corrected chi connectivity index (χ4v) is 0.912. The zero-order valence-electron chi connectivity index (χ0n) is 6.91. The van der Waals surface area contributed by atoms with Crippen LogP contribution in [0.3, 0.4) is 0 Å². The minimum absolute atomic E-state index is 0.256. The number of hydrogen-bond donors (Lipinski definition) is 1. The Morgan fingerprint density at radius 1 is 1.67 bits per heavy atom. The number of halogens is 1. The summed E-state index contributed by atoms with van der Waals surface area (Å²) >= 11 is 0. The Hall–Kier alpha value is -1.16. The highest BCUT2D eigenvalue weighted by Crippen LogP contribution is 2.22. The van der Waals surface area contributed by atoms with Gasteiger partial charge in [0.15, 0.2) is 0 Å². The Morgan fingerprint density at radius 3 is 2.83 bits per heavy atom. The van der Waals surface area contributed by atoms with Crippen LogP contribution in [-0.2, 0) is 0 Å². The van der Waals surface area contributed by atoms with E-state index in [1.165, 1.54) is 20.1 Å². The molecule has 0 bridgehead atoms. The molecule has 0 fully saturated rings. The SMILES string of the molecule is COc1ncc(F)cc1[C@@H](C)O. The molecule has 0 aliphatic carbocycles. The topological polar surface area (TPSA) is 42.4 Å². The van der Waals surface area contributed by atoms with Crippen LogP contribution in [0.1, 0.15) is 18.6 Å². The molecule has 1 aromatic rings. The summed E-state index contributed by atoms with van der Waals surface area (Å²) in [6, 6.07) is 1.20. The molecule has 0 radical (unpaired) electrons. The molecule has 1 N–H and O–H groups in total. The summed E-state index contributed by atoms with van der Waals surface area (Å²) in [7, 11) is 1.42. The second-order valence-corrected chi connectivity index (χ2v) is 2.43. The number of hydrogen-bond acceptors (Lipinski definition) is 3. The Labute approximate surface area is 69.8 Å². The summed E-state index contributed by atoms with van der Waals surface area (Å²) < 4.78 is 17.4. The summed E-state index contributed by atoms with van der Waals surface area (Å²) in [6.07, 6.45) is 0.271. The molecular formula is C8H10FNO2. The van der Waals surface area contributed by atoms with Gasteiger partial charge < -0.3 is 9.84 Å². The molecule has 1 atom stereocenters. The second-order valence-electron chi connectivity index (χ2n) is 2.43. The van der Waals surface area contributed by atoms with Crippen molar-refractivity contribution in [1.82, 2.24) is 4.98 Å². The van der Waals surface area contributed by atoms with Crippen molar-refractivity contribution in [2.24, 2.45) is 0 Å². The van der Waals surface area contributed by atoms with E-state index in [9.17, 15) is 9.50 Å². The number of ether oxygens (including phenoxy) is 1. The van der Waals surface area contributed by atoms with E-state index in [4.69, 9.17) is 4.74 Å². The number of rotatable bonds is 2. The maximum atomic E-state index is 12.6. The van der Waals surface area contributed by atoms with Crippen LogP contribution < -0.4 is 4.74 Å². The third-order valence-corrected chi connectivity index (χ3v) is 1.49. The summed E-state index contributed by atoms with van der Waals surface area (Å²) in [5.41, 5.74) is 0.359. The molecule has 0 amide bonds. The number of nitrogens with zero attached hydrogens (tertiary/aromatic N) is 1. The third kappa shape index (κ3) is 1.71. The molecular weight excluding hydrogens is 161 g/mol. The van der Waals surface area contributed by atoms with Crippen molar-refractivity contribution in [2.45, 2.75) is 13.0 Å². The molecule has 0 saturated heterocycles. The largest absolute Gasteiger partial charge is 0.481 e. The first-order chi connectivity index (χ1) is 5.65. The van der Waals surface area contributed by atoms with Gasteiger partial charge >= 0.3 is 0 Å². The smallest absolute Gasteiger partial charge is 0.219 e. The predicted molar refractivity (Wildman–Crippen MR) is 41.4 cm³/mol. The van der Waals surface area contributed by atoms with Gasteiger partial charge in [0.05, 0.1) is 19.4 Å². The van der Waals surface area contributed by atoms with Gasteiger partial charge in [-0.05, 0) is 13.0 Å². The molecule has 12 heavy (non-hydrogen) atoms. The van der Waals surface area contributed by atoms with Gasteiger partial charge in [-0.2, -0.15) is 0 Å². The van der Waals surface area contributed by atoms with E-state index in [0.717, 1.165) is 6.20 Å². The molecule has 0 spiro atoms. The molecule has 0 aromatic carbocycles. The van der Waals surface area contributed by atoms with Crippen molar-refractivity contribution in [2.75, 3.05) is 7.11 Å². The number of aliphatic hydroxyl groups is 1. The van der Waals surface area contributed by atoms with E-state index >= 15 is 0 Å². The lowest BCUT2D eigenvalue weighted by Crippen LogP contribution is -1.99. The lowest BCUT2D eigenvalue weighted by molar-refractivity contribution is 0.192. The van der Waals surface area contributed by atoms with E-state index in [0.29, 0.717) is 5.56 Å². The van der Waals surface area contributed by atoms with Gasteiger partial charge in [-0.15, -0.1) is 0 Å². The van der Waals surface area contributed by atoms with Crippen molar-refractivity contribution >= 4 is 0 Å². The zero-order chi connectivity index (χ0) is 9.14. The molecule has 0 aliphatic rings. The van der Waals surface area contributed by atoms with Crippen molar-refractivity contribution < 1.29 is 14.2 Å². The quantitative estimate of drug-likeness (QED) is 0.728. The van der Waals surface area contributed by atoms with Gasteiger partial charge in [-0.25, -0.2) is 9.37 Å². The first kappa shape index (κ1) is 8.93. The van der Waals surface area contributed by atoms with E-state index in [-0.39, 0.29) is 5.88 Å². The van der Waals surface area contributed by atoms with Crippen LogP contribution in [-0.4, -0.2) is 17.2 Å².